The highest BCUT2D eigenvalue weighted by molar-refractivity contribution is 5.14. The van der Waals surface area contributed by atoms with Crippen molar-refractivity contribution in [1.82, 2.24) is 0 Å². The van der Waals surface area contributed by atoms with E-state index in [1.54, 1.807) is 7.11 Å². The van der Waals surface area contributed by atoms with Crippen LogP contribution >= 0.6 is 0 Å². The molecule has 10 heteroatoms. The van der Waals surface area contributed by atoms with Crippen LogP contribution in [0.3, 0.4) is 0 Å². The second-order valence-electron chi connectivity index (χ2n) is 10.9. The number of rotatable bonds is 10. The molecule has 5 rings (SSSR count). The molecule has 220 valence electrons. The van der Waals surface area contributed by atoms with Crippen molar-refractivity contribution in [2.45, 2.75) is 101 Å². The highest BCUT2D eigenvalue weighted by Crippen LogP contribution is 2.40. The molecule has 0 unspecified atom stereocenters. The fraction of sp³-hybridized carbons (Fsp3) is 0.600. The predicted molar refractivity (Wildman–Crippen MR) is 142 cm³/mol. The van der Waals surface area contributed by atoms with Gasteiger partial charge in [-0.05, 0) is 31.9 Å². The monoisotopic (exact) mass is 560 g/mol. The first-order chi connectivity index (χ1) is 19.3. The lowest BCUT2D eigenvalue weighted by molar-refractivity contribution is -0.349. The van der Waals surface area contributed by atoms with Gasteiger partial charge in [0.05, 0.1) is 25.9 Å². The third kappa shape index (κ3) is 6.74. The molecular formula is C30H40O10. The molecule has 0 amide bonds. The van der Waals surface area contributed by atoms with Crippen molar-refractivity contribution in [3.05, 3.63) is 71.8 Å². The van der Waals surface area contributed by atoms with Gasteiger partial charge in [0.25, 0.3) is 0 Å². The van der Waals surface area contributed by atoms with Crippen molar-refractivity contribution in [3.8, 4) is 0 Å². The molecule has 2 aromatic rings. The molecule has 3 heterocycles. The van der Waals surface area contributed by atoms with E-state index < -0.39 is 67.2 Å². The highest BCUT2D eigenvalue weighted by atomic mass is 16.8. The van der Waals surface area contributed by atoms with Gasteiger partial charge in [-0.1, -0.05) is 60.7 Å². The van der Waals surface area contributed by atoms with E-state index in [-0.39, 0.29) is 13.2 Å². The summed E-state index contributed by atoms with van der Waals surface area (Å²) < 4.78 is 48.3. The summed E-state index contributed by atoms with van der Waals surface area (Å²) in [4.78, 5) is 0. The molecule has 0 aliphatic carbocycles. The van der Waals surface area contributed by atoms with Gasteiger partial charge in [0.1, 0.15) is 42.7 Å². The normalized spacial score (nSPS) is 37.2. The molecule has 10 nitrogen and oxygen atoms in total. The van der Waals surface area contributed by atoms with Crippen LogP contribution in [0, 0.1) is 0 Å². The number of hydrogen-bond donors (Lipinski definition) is 2. The van der Waals surface area contributed by atoms with Crippen molar-refractivity contribution in [1.29, 1.82) is 0 Å². The van der Waals surface area contributed by atoms with Gasteiger partial charge >= 0.3 is 0 Å². The Bertz CT molecular complexity index is 1050. The Balaban J connectivity index is 1.30. The smallest absolute Gasteiger partial charge is 0.187 e. The lowest BCUT2D eigenvalue weighted by Crippen LogP contribution is -2.63. The fourth-order valence-corrected chi connectivity index (χ4v) is 5.44. The third-order valence-electron chi connectivity index (χ3n) is 7.41. The molecule has 2 N–H and O–H groups in total. The van der Waals surface area contributed by atoms with E-state index in [9.17, 15) is 10.2 Å². The van der Waals surface area contributed by atoms with Gasteiger partial charge in [-0.3, -0.25) is 0 Å². The molecule has 0 spiro atoms. The maximum atomic E-state index is 11.2. The number of benzene rings is 2. The number of hydrogen-bond acceptors (Lipinski definition) is 10. The van der Waals surface area contributed by atoms with Crippen LogP contribution in [0.4, 0.5) is 0 Å². The van der Waals surface area contributed by atoms with Crippen molar-refractivity contribution in [2.75, 3.05) is 13.7 Å². The topological polar surface area (TPSA) is 114 Å². The number of aliphatic hydroxyl groups excluding tert-OH is 2. The minimum absolute atomic E-state index is 0.110. The van der Waals surface area contributed by atoms with Gasteiger partial charge in [-0.25, -0.2) is 0 Å². The number of ether oxygens (including phenoxy) is 8. The summed E-state index contributed by atoms with van der Waals surface area (Å²) in [6, 6.07) is 19.4. The quantitative estimate of drug-likeness (QED) is 0.449. The van der Waals surface area contributed by atoms with E-state index >= 15 is 0 Å². The van der Waals surface area contributed by atoms with Crippen LogP contribution in [0.5, 0.6) is 0 Å². The summed E-state index contributed by atoms with van der Waals surface area (Å²) in [5.74, 6) is -0.878. The zero-order valence-corrected chi connectivity index (χ0v) is 23.3. The Morgan fingerprint density at radius 2 is 1.40 bits per heavy atom. The highest BCUT2D eigenvalue weighted by Gasteiger charge is 2.57. The summed E-state index contributed by atoms with van der Waals surface area (Å²) in [7, 11) is 1.55. The van der Waals surface area contributed by atoms with Crippen molar-refractivity contribution in [2.24, 2.45) is 0 Å². The number of methoxy groups -OCH3 is 1. The van der Waals surface area contributed by atoms with E-state index in [1.165, 1.54) is 0 Å². The Morgan fingerprint density at radius 1 is 0.775 bits per heavy atom. The first-order valence-corrected chi connectivity index (χ1v) is 13.7. The predicted octanol–water partition coefficient (Wildman–Crippen LogP) is 2.53. The first-order valence-electron chi connectivity index (χ1n) is 13.7. The van der Waals surface area contributed by atoms with Crippen LogP contribution in [-0.4, -0.2) is 91.1 Å². The Kier molecular flexibility index (Phi) is 9.53. The second-order valence-corrected chi connectivity index (χ2v) is 10.9. The van der Waals surface area contributed by atoms with Gasteiger partial charge in [0, 0.05) is 7.11 Å². The van der Waals surface area contributed by atoms with E-state index in [0.29, 0.717) is 6.61 Å². The van der Waals surface area contributed by atoms with Gasteiger partial charge in [0.2, 0.25) is 0 Å². The minimum Gasteiger partial charge on any atom is -0.387 e. The summed E-state index contributed by atoms with van der Waals surface area (Å²) in [6.45, 7) is 6.15. The molecule has 0 saturated carbocycles. The third-order valence-corrected chi connectivity index (χ3v) is 7.41. The average molecular weight is 561 g/mol. The molecule has 2 aromatic carbocycles. The number of aliphatic hydroxyl groups is 2. The van der Waals surface area contributed by atoms with Crippen LogP contribution in [-0.2, 0) is 51.1 Å². The standard InChI is InChI=1S/C30H40O10/c1-18-24(26-27(29(33-4)36-18)40-30(2,3)39-26)38-28-23(32)22(31)25(35-16-20-13-9-6-10-14-20)21(37-28)17-34-15-19-11-7-5-8-12-19/h5-14,18,21-29,31-32H,15-17H2,1-4H3/t18-,21+,22+,23+,24-,25+,26+,27+,28-,29+/m0/s1. The van der Waals surface area contributed by atoms with E-state index in [1.807, 2.05) is 81.4 Å². The van der Waals surface area contributed by atoms with Crippen LogP contribution in [0.2, 0.25) is 0 Å². The Hall–Kier alpha value is -1.96. The number of fused-ring (bicyclic) bond motifs is 1. The zero-order chi connectivity index (χ0) is 28.3. The molecular weight excluding hydrogens is 520 g/mol. The molecule has 3 aliphatic rings. The van der Waals surface area contributed by atoms with Crippen LogP contribution in [0.1, 0.15) is 31.9 Å². The lowest BCUT2D eigenvalue weighted by Gasteiger charge is -2.46. The molecule has 40 heavy (non-hydrogen) atoms. The average Bonchev–Trinajstić information content (AvgIpc) is 3.28. The Morgan fingerprint density at radius 3 is 2.05 bits per heavy atom. The van der Waals surface area contributed by atoms with Crippen molar-refractivity contribution in [3.63, 3.8) is 0 Å². The summed E-state index contributed by atoms with van der Waals surface area (Å²) in [6.07, 6.45) is -8.35. The largest absolute Gasteiger partial charge is 0.387 e. The summed E-state index contributed by atoms with van der Waals surface area (Å²) in [5.41, 5.74) is 1.93. The SMILES string of the molecule is CO[C@@H]1O[C@@H](C)[C@H](O[C@@H]2O[C@H](COCc3ccccc3)[C@@H](OCc3ccccc3)[C@H](O)[C@H]2O)[C@H]2OC(C)(C)O[C@@H]12. The van der Waals surface area contributed by atoms with Crippen LogP contribution in [0.25, 0.3) is 0 Å². The summed E-state index contributed by atoms with van der Waals surface area (Å²) >= 11 is 0. The van der Waals surface area contributed by atoms with E-state index in [4.69, 9.17) is 37.9 Å². The van der Waals surface area contributed by atoms with Gasteiger partial charge < -0.3 is 48.1 Å². The molecule has 0 aromatic heterocycles. The molecule has 3 saturated heterocycles. The van der Waals surface area contributed by atoms with E-state index in [0.717, 1.165) is 11.1 Å². The zero-order valence-electron chi connectivity index (χ0n) is 23.3. The van der Waals surface area contributed by atoms with Crippen molar-refractivity contribution >= 4 is 0 Å². The van der Waals surface area contributed by atoms with Gasteiger partial charge in [0.15, 0.2) is 18.4 Å². The maximum absolute atomic E-state index is 11.2. The van der Waals surface area contributed by atoms with Crippen molar-refractivity contribution < 1.29 is 48.1 Å². The lowest BCUT2D eigenvalue weighted by atomic mass is 9.97. The molecule has 0 bridgehead atoms. The van der Waals surface area contributed by atoms with E-state index in [2.05, 4.69) is 0 Å². The molecule has 0 radical (unpaired) electrons. The van der Waals surface area contributed by atoms with Crippen LogP contribution in [0.15, 0.2) is 60.7 Å². The fourth-order valence-electron chi connectivity index (χ4n) is 5.44. The van der Waals surface area contributed by atoms with Gasteiger partial charge in [-0.2, -0.15) is 0 Å². The molecule has 3 fully saturated rings. The summed E-state index contributed by atoms with van der Waals surface area (Å²) in [5, 5.41) is 22.3. The minimum atomic E-state index is -1.40. The van der Waals surface area contributed by atoms with Crippen LogP contribution < -0.4 is 0 Å². The maximum Gasteiger partial charge on any atom is 0.187 e. The first kappa shape index (κ1) is 29.5. The molecule has 3 aliphatic heterocycles. The van der Waals surface area contributed by atoms with Gasteiger partial charge in [-0.15, -0.1) is 0 Å². The second kappa shape index (κ2) is 12.9. The Labute approximate surface area is 235 Å². The molecule has 10 atom stereocenters.